The highest BCUT2D eigenvalue weighted by Gasteiger charge is 2.04. The van der Waals surface area contributed by atoms with Crippen molar-refractivity contribution < 1.29 is 18.7 Å². The summed E-state index contributed by atoms with van der Waals surface area (Å²) in [7, 11) is 1.61. The second-order valence-electron chi connectivity index (χ2n) is 4.01. The van der Waals surface area contributed by atoms with Crippen LogP contribution in [0.5, 0.6) is 11.5 Å². The zero-order valence-electron chi connectivity index (χ0n) is 11.4. The fourth-order valence-corrected chi connectivity index (χ4v) is 1.85. The van der Waals surface area contributed by atoms with Gasteiger partial charge in [-0.2, -0.15) is 0 Å². The number of rotatable bonds is 6. The standard InChI is InChI=1S/C14H15BrN2O4/c1-19-10-2-4-11(5-3-10)20-9-8-16-14(18)17-13-7-6-12(15)21-13/h2-7H,8-9H2,1H3,(H2,16,17,18). The fourth-order valence-electron chi connectivity index (χ4n) is 1.54. The zero-order valence-corrected chi connectivity index (χ0v) is 13.0. The first kappa shape index (κ1) is 15.2. The van der Waals surface area contributed by atoms with E-state index in [4.69, 9.17) is 13.9 Å². The Morgan fingerprint density at radius 1 is 1.19 bits per heavy atom. The van der Waals surface area contributed by atoms with Gasteiger partial charge in [0.25, 0.3) is 0 Å². The molecule has 6 nitrogen and oxygen atoms in total. The van der Waals surface area contributed by atoms with Gasteiger partial charge in [0.15, 0.2) is 4.67 Å². The zero-order chi connectivity index (χ0) is 15.1. The SMILES string of the molecule is COc1ccc(OCCNC(=O)Nc2ccc(Br)o2)cc1. The van der Waals surface area contributed by atoms with Crippen LogP contribution in [-0.2, 0) is 0 Å². The van der Waals surface area contributed by atoms with Crippen LogP contribution < -0.4 is 20.1 Å². The highest BCUT2D eigenvalue weighted by molar-refractivity contribution is 9.10. The Bertz CT molecular complexity index is 583. The summed E-state index contributed by atoms with van der Waals surface area (Å²) < 4.78 is 16.2. The predicted octanol–water partition coefficient (Wildman–Crippen LogP) is 3.25. The van der Waals surface area contributed by atoms with Gasteiger partial charge in [0.2, 0.25) is 5.88 Å². The molecule has 0 saturated heterocycles. The molecule has 21 heavy (non-hydrogen) atoms. The monoisotopic (exact) mass is 354 g/mol. The van der Waals surface area contributed by atoms with Gasteiger partial charge >= 0.3 is 6.03 Å². The van der Waals surface area contributed by atoms with Crippen molar-refractivity contribution in [2.75, 3.05) is 25.6 Å². The van der Waals surface area contributed by atoms with Crippen molar-refractivity contribution in [3.05, 3.63) is 41.1 Å². The third kappa shape index (κ3) is 5.03. The van der Waals surface area contributed by atoms with Gasteiger partial charge in [-0.05, 0) is 46.3 Å². The average molecular weight is 355 g/mol. The van der Waals surface area contributed by atoms with Crippen LogP contribution >= 0.6 is 15.9 Å². The van der Waals surface area contributed by atoms with E-state index < -0.39 is 0 Å². The Morgan fingerprint density at radius 2 is 1.90 bits per heavy atom. The maximum atomic E-state index is 11.5. The lowest BCUT2D eigenvalue weighted by atomic mass is 10.3. The number of nitrogens with one attached hydrogen (secondary N) is 2. The molecule has 0 bridgehead atoms. The van der Waals surface area contributed by atoms with Gasteiger partial charge in [-0.3, -0.25) is 5.32 Å². The van der Waals surface area contributed by atoms with Gasteiger partial charge in [0.05, 0.1) is 13.7 Å². The Hall–Kier alpha value is -2.15. The van der Waals surface area contributed by atoms with E-state index in [1.807, 2.05) is 12.1 Å². The summed E-state index contributed by atoms with van der Waals surface area (Å²) in [6.45, 7) is 0.737. The molecule has 0 radical (unpaired) electrons. The highest BCUT2D eigenvalue weighted by atomic mass is 79.9. The second kappa shape index (κ2) is 7.58. The van der Waals surface area contributed by atoms with Crippen LogP contribution in [0, 0.1) is 0 Å². The first-order valence-electron chi connectivity index (χ1n) is 6.24. The summed E-state index contributed by atoms with van der Waals surface area (Å²) in [6, 6.07) is 10.2. The Kier molecular flexibility index (Phi) is 5.51. The first-order valence-corrected chi connectivity index (χ1v) is 7.04. The third-order valence-corrected chi connectivity index (χ3v) is 2.95. The molecule has 0 spiro atoms. The highest BCUT2D eigenvalue weighted by Crippen LogP contribution is 2.18. The number of halogens is 1. The molecule has 2 amide bonds. The molecular weight excluding hydrogens is 340 g/mol. The van der Waals surface area contributed by atoms with Gasteiger partial charge < -0.3 is 19.2 Å². The molecule has 2 rings (SSSR count). The van der Waals surface area contributed by atoms with E-state index in [9.17, 15) is 4.79 Å². The minimum Gasteiger partial charge on any atom is -0.497 e. The molecule has 0 unspecified atom stereocenters. The van der Waals surface area contributed by atoms with E-state index in [-0.39, 0.29) is 6.03 Å². The number of methoxy groups -OCH3 is 1. The van der Waals surface area contributed by atoms with Crippen LogP contribution in [0.15, 0.2) is 45.5 Å². The number of anilines is 1. The first-order chi connectivity index (χ1) is 10.2. The summed E-state index contributed by atoms with van der Waals surface area (Å²) >= 11 is 3.15. The molecule has 2 N–H and O–H groups in total. The topological polar surface area (TPSA) is 72.7 Å². The number of urea groups is 1. The molecule has 0 saturated carbocycles. The average Bonchev–Trinajstić information content (AvgIpc) is 2.89. The van der Waals surface area contributed by atoms with Gasteiger partial charge in [-0.25, -0.2) is 4.79 Å². The van der Waals surface area contributed by atoms with E-state index in [2.05, 4.69) is 26.6 Å². The van der Waals surface area contributed by atoms with Gasteiger partial charge in [-0.1, -0.05) is 0 Å². The molecule has 2 aromatic rings. The number of furan rings is 1. The minimum absolute atomic E-state index is 0.352. The largest absolute Gasteiger partial charge is 0.497 e. The molecule has 0 aliphatic rings. The predicted molar refractivity (Wildman–Crippen MR) is 81.9 cm³/mol. The number of hydrogen-bond donors (Lipinski definition) is 2. The summed E-state index contributed by atoms with van der Waals surface area (Å²) in [5, 5.41) is 5.22. The van der Waals surface area contributed by atoms with Crippen molar-refractivity contribution in [3.8, 4) is 11.5 Å². The summed E-state index contributed by atoms with van der Waals surface area (Å²) in [6.07, 6.45) is 0. The Morgan fingerprint density at radius 3 is 2.52 bits per heavy atom. The number of hydrogen-bond acceptors (Lipinski definition) is 4. The van der Waals surface area contributed by atoms with E-state index >= 15 is 0 Å². The van der Waals surface area contributed by atoms with Crippen LogP contribution in [0.3, 0.4) is 0 Å². The molecule has 0 atom stereocenters. The quantitative estimate of drug-likeness (QED) is 0.781. The fraction of sp³-hybridized carbons (Fsp3) is 0.214. The van der Waals surface area contributed by atoms with Crippen LogP contribution in [0.25, 0.3) is 0 Å². The van der Waals surface area contributed by atoms with Crippen molar-refractivity contribution in [1.29, 1.82) is 0 Å². The molecule has 0 aliphatic carbocycles. The molecule has 1 heterocycles. The minimum atomic E-state index is -0.352. The molecule has 0 aliphatic heterocycles. The molecule has 1 aromatic heterocycles. The second-order valence-corrected chi connectivity index (χ2v) is 4.79. The van der Waals surface area contributed by atoms with Gasteiger partial charge in [-0.15, -0.1) is 0 Å². The van der Waals surface area contributed by atoms with Crippen molar-refractivity contribution >= 4 is 27.8 Å². The van der Waals surface area contributed by atoms with E-state index in [0.717, 1.165) is 5.75 Å². The third-order valence-electron chi connectivity index (χ3n) is 2.53. The van der Waals surface area contributed by atoms with Crippen molar-refractivity contribution in [2.45, 2.75) is 0 Å². The number of carbonyl (C=O) groups is 1. The summed E-state index contributed by atoms with van der Waals surface area (Å²) in [4.78, 5) is 11.5. The number of amides is 2. The summed E-state index contributed by atoms with van der Waals surface area (Å²) in [5.41, 5.74) is 0. The molecule has 0 fully saturated rings. The number of carbonyl (C=O) groups excluding carboxylic acids is 1. The number of benzene rings is 1. The molecular formula is C14H15BrN2O4. The van der Waals surface area contributed by atoms with Gasteiger partial charge in [0.1, 0.15) is 18.1 Å². The maximum Gasteiger partial charge on any atom is 0.321 e. The van der Waals surface area contributed by atoms with E-state index in [0.29, 0.717) is 29.5 Å². The summed E-state index contributed by atoms with van der Waals surface area (Å²) in [5.74, 6) is 1.85. The molecule has 112 valence electrons. The normalized spacial score (nSPS) is 10.0. The van der Waals surface area contributed by atoms with Crippen molar-refractivity contribution in [3.63, 3.8) is 0 Å². The van der Waals surface area contributed by atoms with Crippen LogP contribution in [-0.4, -0.2) is 26.3 Å². The Labute approximate surface area is 130 Å². The lowest BCUT2D eigenvalue weighted by Crippen LogP contribution is -2.32. The van der Waals surface area contributed by atoms with Crippen LogP contribution in [0.1, 0.15) is 0 Å². The van der Waals surface area contributed by atoms with Crippen LogP contribution in [0.4, 0.5) is 10.7 Å². The maximum absolute atomic E-state index is 11.5. The van der Waals surface area contributed by atoms with Gasteiger partial charge in [0, 0.05) is 6.07 Å². The lowest BCUT2D eigenvalue weighted by Gasteiger charge is -2.08. The van der Waals surface area contributed by atoms with Crippen molar-refractivity contribution in [2.24, 2.45) is 0 Å². The van der Waals surface area contributed by atoms with E-state index in [1.165, 1.54) is 0 Å². The van der Waals surface area contributed by atoms with Crippen molar-refractivity contribution in [1.82, 2.24) is 5.32 Å². The molecule has 1 aromatic carbocycles. The van der Waals surface area contributed by atoms with E-state index in [1.54, 1.807) is 31.4 Å². The smallest absolute Gasteiger partial charge is 0.321 e. The Balaban J connectivity index is 1.65. The number of ether oxygens (including phenoxy) is 2. The van der Waals surface area contributed by atoms with Crippen LogP contribution in [0.2, 0.25) is 0 Å². The lowest BCUT2D eigenvalue weighted by molar-refractivity contribution is 0.247. The molecule has 7 heteroatoms.